The molecule has 0 aliphatic carbocycles. The van der Waals surface area contributed by atoms with Gasteiger partial charge in [0.05, 0.1) is 12.5 Å². The van der Waals surface area contributed by atoms with E-state index in [1.165, 1.54) is 12.2 Å². The summed E-state index contributed by atoms with van der Waals surface area (Å²) in [6.45, 7) is 0.833. The molecule has 1 aromatic carbocycles. The summed E-state index contributed by atoms with van der Waals surface area (Å²) in [6.07, 6.45) is 9.19. The van der Waals surface area contributed by atoms with Crippen molar-refractivity contribution < 1.29 is 18.4 Å². The summed E-state index contributed by atoms with van der Waals surface area (Å²) in [5.74, 6) is 0.855. The van der Waals surface area contributed by atoms with Crippen molar-refractivity contribution in [3.8, 4) is 0 Å². The Balaban J connectivity index is 1.40. The van der Waals surface area contributed by atoms with Crippen molar-refractivity contribution in [1.82, 2.24) is 10.6 Å². The van der Waals surface area contributed by atoms with Crippen molar-refractivity contribution in [3.05, 3.63) is 95.9 Å². The summed E-state index contributed by atoms with van der Waals surface area (Å²) in [4.78, 5) is 23.6. The predicted octanol–water partition coefficient (Wildman–Crippen LogP) is 3.53. The Hall–Kier alpha value is -3.80. The highest BCUT2D eigenvalue weighted by atomic mass is 16.3. The normalized spacial score (nSPS) is 11.1. The molecule has 0 aliphatic heterocycles. The zero-order chi connectivity index (χ0) is 19.6. The third-order valence-electron chi connectivity index (χ3n) is 3.84. The zero-order valence-electron chi connectivity index (χ0n) is 15.1. The molecule has 3 rings (SSSR count). The topological polar surface area (TPSA) is 84.5 Å². The molecule has 0 radical (unpaired) electrons. The van der Waals surface area contributed by atoms with Crippen LogP contribution in [-0.2, 0) is 22.7 Å². The number of furan rings is 2. The molecule has 2 amide bonds. The summed E-state index contributed by atoms with van der Waals surface area (Å²) >= 11 is 0. The molecule has 0 fully saturated rings. The monoisotopic (exact) mass is 376 g/mol. The Labute approximate surface area is 162 Å². The van der Waals surface area contributed by atoms with Gasteiger partial charge in [-0.25, -0.2) is 0 Å². The van der Waals surface area contributed by atoms with E-state index in [1.54, 1.807) is 48.9 Å². The fraction of sp³-hybridized carbons (Fsp3) is 0.0909. The van der Waals surface area contributed by atoms with Gasteiger partial charge in [-0.15, -0.1) is 0 Å². The number of amides is 2. The van der Waals surface area contributed by atoms with Crippen LogP contribution < -0.4 is 10.6 Å². The number of carbonyl (C=O) groups is 2. The van der Waals surface area contributed by atoms with Crippen LogP contribution in [0.1, 0.15) is 22.6 Å². The lowest BCUT2D eigenvalue weighted by atomic mass is 10.1. The van der Waals surface area contributed by atoms with Crippen LogP contribution in [0.4, 0.5) is 0 Å². The molecular formula is C22H20N2O4. The molecule has 0 atom stereocenters. The van der Waals surface area contributed by atoms with Gasteiger partial charge in [0.1, 0.15) is 11.5 Å². The molecule has 142 valence electrons. The van der Waals surface area contributed by atoms with Crippen molar-refractivity contribution in [2.45, 2.75) is 13.1 Å². The molecule has 2 aromatic heterocycles. The van der Waals surface area contributed by atoms with Crippen LogP contribution in [0.25, 0.3) is 12.2 Å². The maximum Gasteiger partial charge on any atom is 0.244 e. The van der Waals surface area contributed by atoms with E-state index < -0.39 is 0 Å². The van der Waals surface area contributed by atoms with Crippen LogP contribution in [0.5, 0.6) is 0 Å². The molecular weight excluding hydrogens is 356 g/mol. The van der Waals surface area contributed by atoms with Gasteiger partial charge in [0, 0.05) is 25.2 Å². The fourth-order valence-corrected chi connectivity index (χ4v) is 2.36. The van der Waals surface area contributed by atoms with Gasteiger partial charge >= 0.3 is 0 Å². The molecule has 0 saturated carbocycles. The highest BCUT2D eigenvalue weighted by molar-refractivity contribution is 5.91. The van der Waals surface area contributed by atoms with Gasteiger partial charge < -0.3 is 19.5 Å². The van der Waals surface area contributed by atoms with Gasteiger partial charge in [-0.3, -0.25) is 9.59 Å². The first kappa shape index (κ1) is 19.0. The molecule has 0 unspecified atom stereocenters. The van der Waals surface area contributed by atoms with Crippen molar-refractivity contribution in [2.24, 2.45) is 0 Å². The van der Waals surface area contributed by atoms with E-state index in [0.717, 1.165) is 11.1 Å². The van der Waals surface area contributed by atoms with Gasteiger partial charge in [-0.1, -0.05) is 24.3 Å². The molecule has 0 spiro atoms. The minimum Gasteiger partial charge on any atom is -0.465 e. The summed E-state index contributed by atoms with van der Waals surface area (Å²) in [6, 6.07) is 14.7. The molecule has 0 aliphatic rings. The maximum atomic E-state index is 11.8. The Morgan fingerprint density at radius 1 is 0.714 bits per heavy atom. The SMILES string of the molecule is O=C(/C=C/c1ccco1)NCc1ccc(CNC(=O)/C=C/c2ccco2)cc1. The van der Waals surface area contributed by atoms with Crippen LogP contribution in [0, 0.1) is 0 Å². The highest BCUT2D eigenvalue weighted by Crippen LogP contribution is 2.06. The van der Waals surface area contributed by atoms with Crippen molar-refractivity contribution >= 4 is 24.0 Å². The minimum absolute atomic E-state index is 0.198. The highest BCUT2D eigenvalue weighted by Gasteiger charge is 2.00. The average molecular weight is 376 g/mol. The number of hydrogen-bond donors (Lipinski definition) is 2. The number of benzene rings is 1. The molecule has 3 aromatic rings. The lowest BCUT2D eigenvalue weighted by Crippen LogP contribution is -2.21. The summed E-state index contributed by atoms with van der Waals surface area (Å²) in [7, 11) is 0. The van der Waals surface area contributed by atoms with Crippen LogP contribution in [0.3, 0.4) is 0 Å². The second-order valence-electron chi connectivity index (χ2n) is 5.95. The smallest absolute Gasteiger partial charge is 0.244 e. The number of nitrogens with one attached hydrogen (secondary N) is 2. The predicted molar refractivity (Wildman–Crippen MR) is 106 cm³/mol. The van der Waals surface area contributed by atoms with E-state index in [4.69, 9.17) is 8.83 Å². The van der Waals surface area contributed by atoms with Gasteiger partial charge in [0.15, 0.2) is 0 Å². The van der Waals surface area contributed by atoms with Gasteiger partial charge in [0.2, 0.25) is 11.8 Å². The standard InChI is InChI=1S/C22H20N2O4/c25-21(11-9-19-3-1-13-27-19)23-15-17-5-7-18(8-6-17)16-24-22(26)12-10-20-4-2-14-28-20/h1-14H,15-16H2,(H,23,25)(H,24,26)/b11-9+,12-10+. The van der Waals surface area contributed by atoms with E-state index in [2.05, 4.69) is 10.6 Å². The Kier molecular flexibility index (Phi) is 6.62. The Bertz CT molecular complexity index is 858. The minimum atomic E-state index is -0.198. The molecule has 0 saturated heterocycles. The van der Waals surface area contributed by atoms with E-state index in [-0.39, 0.29) is 11.8 Å². The van der Waals surface area contributed by atoms with E-state index in [1.807, 2.05) is 24.3 Å². The lowest BCUT2D eigenvalue weighted by Gasteiger charge is -2.06. The van der Waals surface area contributed by atoms with E-state index in [0.29, 0.717) is 24.6 Å². The van der Waals surface area contributed by atoms with Crippen molar-refractivity contribution in [3.63, 3.8) is 0 Å². The second kappa shape index (κ2) is 9.78. The van der Waals surface area contributed by atoms with Gasteiger partial charge in [-0.05, 0) is 47.5 Å². The fourth-order valence-electron chi connectivity index (χ4n) is 2.36. The van der Waals surface area contributed by atoms with E-state index in [9.17, 15) is 9.59 Å². The molecule has 6 heteroatoms. The first-order valence-corrected chi connectivity index (χ1v) is 8.76. The van der Waals surface area contributed by atoms with Crippen LogP contribution in [0.15, 0.2) is 82.0 Å². The van der Waals surface area contributed by atoms with Crippen molar-refractivity contribution in [1.29, 1.82) is 0 Å². The van der Waals surface area contributed by atoms with Crippen molar-refractivity contribution in [2.75, 3.05) is 0 Å². The van der Waals surface area contributed by atoms with Crippen LogP contribution >= 0.6 is 0 Å². The molecule has 0 bridgehead atoms. The summed E-state index contributed by atoms with van der Waals surface area (Å²) < 4.78 is 10.3. The lowest BCUT2D eigenvalue weighted by molar-refractivity contribution is -0.117. The maximum absolute atomic E-state index is 11.8. The second-order valence-corrected chi connectivity index (χ2v) is 5.95. The third kappa shape index (κ3) is 6.17. The Morgan fingerprint density at radius 2 is 1.14 bits per heavy atom. The average Bonchev–Trinajstić information content (AvgIpc) is 3.42. The quantitative estimate of drug-likeness (QED) is 0.589. The molecule has 6 nitrogen and oxygen atoms in total. The largest absolute Gasteiger partial charge is 0.465 e. The van der Waals surface area contributed by atoms with Crippen LogP contribution in [0.2, 0.25) is 0 Å². The molecule has 2 heterocycles. The van der Waals surface area contributed by atoms with Crippen LogP contribution in [-0.4, -0.2) is 11.8 Å². The molecule has 28 heavy (non-hydrogen) atoms. The number of hydrogen-bond acceptors (Lipinski definition) is 4. The summed E-state index contributed by atoms with van der Waals surface area (Å²) in [5.41, 5.74) is 1.93. The third-order valence-corrected chi connectivity index (χ3v) is 3.84. The van der Waals surface area contributed by atoms with E-state index >= 15 is 0 Å². The summed E-state index contributed by atoms with van der Waals surface area (Å²) in [5, 5.41) is 5.61. The number of rotatable bonds is 8. The van der Waals surface area contributed by atoms with Gasteiger partial charge in [0.25, 0.3) is 0 Å². The first-order chi connectivity index (χ1) is 13.7. The van der Waals surface area contributed by atoms with Gasteiger partial charge in [-0.2, -0.15) is 0 Å². The first-order valence-electron chi connectivity index (χ1n) is 8.76. The zero-order valence-corrected chi connectivity index (χ0v) is 15.1. The number of carbonyl (C=O) groups excluding carboxylic acids is 2. The molecule has 2 N–H and O–H groups in total. The Morgan fingerprint density at radius 3 is 1.50 bits per heavy atom.